The minimum Gasteiger partial charge on any atom is -0.487 e. The highest BCUT2D eigenvalue weighted by molar-refractivity contribution is 6.31. The lowest BCUT2D eigenvalue weighted by Gasteiger charge is -2.36. The summed E-state index contributed by atoms with van der Waals surface area (Å²) in [5, 5.41) is 10.7. The molecule has 4 rings (SSSR count). The zero-order chi connectivity index (χ0) is 25.0. The molecule has 5 nitrogen and oxygen atoms in total. The third-order valence-corrected chi connectivity index (χ3v) is 6.93. The van der Waals surface area contributed by atoms with Crippen molar-refractivity contribution in [1.29, 1.82) is 0 Å². The van der Waals surface area contributed by atoms with Crippen LogP contribution in [0.2, 0.25) is 10.0 Å². The number of nitrogens with zero attached hydrogens (tertiary/aromatic N) is 1. The second-order valence-electron chi connectivity index (χ2n) is 9.14. The average Bonchev–Trinajstić information content (AvgIpc) is 2.83. The zero-order valence-electron chi connectivity index (χ0n) is 19.5. The van der Waals surface area contributed by atoms with Crippen molar-refractivity contribution in [3.8, 4) is 5.75 Å². The third kappa shape index (κ3) is 6.36. The molecule has 1 N–H and O–H groups in total. The third-order valence-electron chi connectivity index (χ3n) is 6.31. The first-order valence-electron chi connectivity index (χ1n) is 11.5. The number of halogens is 2. The number of benzene rings is 3. The number of carboxylic acids is 1. The summed E-state index contributed by atoms with van der Waals surface area (Å²) in [7, 11) is 0. The SMILES string of the molecule is C[C@@]1(Cc2ccccc2Cl)CCc2cc(C(=O)N(CCc3ccc(Cl)cc3)CC(=O)O)ccc2O1. The van der Waals surface area contributed by atoms with Gasteiger partial charge in [-0.1, -0.05) is 53.5 Å². The van der Waals surface area contributed by atoms with Gasteiger partial charge < -0.3 is 14.7 Å². The van der Waals surface area contributed by atoms with Crippen LogP contribution in [-0.2, 0) is 24.1 Å². The molecule has 35 heavy (non-hydrogen) atoms. The molecule has 182 valence electrons. The molecular formula is C28H27Cl2NO4. The summed E-state index contributed by atoms with van der Waals surface area (Å²) in [5.41, 5.74) is 3.02. The van der Waals surface area contributed by atoms with E-state index >= 15 is 0 Å². The van der Waals surface area contributed by atoms with E-state index in [0.29, 0.717) is 23.4 Å². The molecule has 0 spiro atoms. The molecule has 1 atom stereocenters. The summed E-state index contributed by atoms with van der Waals surface area (Å²) in [6.45, 7) is 2.00. The molecule has 1 aliphatic heterocycles. The van der Waals surface area contributed by atoms with Crippen LogP contribution in [0.15, 0.2) is 66.7 Å². The highest BCUT2D eigenvalue weighted by Crippen LogP contribution is 2.37. The van der Waals surface area contributed by atoms with E-state index in [9.17, 15) is 14.7 Å². The Morgan fingerprint density at radius 1 is 1.06 bits per heavy atom. The minimum atomic E-state index is -1.05. The summed E-state index contributed by atoms with van der Waals surface area (Å²) < 4.78 is 6.36. The van der Waals surface area contributed by atoms with E-state index in [1.807, 2.05) is 48.5 Å². The fraction of sp³-hybridized carbons (Fsp3) is 0.286. The predicted octanol–water partition coefficient (Wildman–Crippen LogP) is 6.09. The van der Waals surface area contributed by atoms with Crippen LogP contribution in [0.3, 0.4) is 0 Å². The number of hydrogen-bond acceptors (Lipinski definition) is 3. The number of amides is 1. The molecule has 3 aromatic rings. The summed E-state index contributed by atoms with van der Waals surface area (Å²) in [6.07, 6.45) is 2.74. The smallest absolute Gasteiger partial charge is 0.323 e. The van der Waals surface area contributed by atoms with Gasteiger partial charge in [-0.2, -0.15) is 0 Å². The molecule has 0 saturated heterocycles. The van der Waals surface area contributed by atoms with Gasteiger partial charge >= 0.3 is 5.97 Å². The highest BCUT2D eigenvalue weighted by atomic mass is 35.5. The summed E-state index contributed by atoms with van der Waals surface area (Å²) in [6, 6.07) is 20.4. The number of aryl methyl sites for hydroxylation is 1. The van der Waals surface area contributed by atoms with Crippen molar-refractivity contribution in [3.05, 3.63) is 99.0 Å². The van der Waals surface area contributed by atoms with E-state index in [2.05, 4.69) is 6.92 Å². The van der Waals surface area contributed by atoms with Gasteiger partial charge in [0.2, 0.25) is 0 Å². The zero-order valence-corrected chi connectivity index (χ0v) is 21.0. The Bertz CT molecular complexity index is 1230. The maximum Gasteiger partial charge on any atom is 0.323 e. The second-order valence-corrected chi connectivity index (χ2v) is 9.98. The van der Waals surface area contributed by atoms with E-state index in [4.69, 9.17) is 27.9 Å². The predicted molar refractivity (Wildman–Crippen MR) is 138 cm³/mol. The lowest BCUT2D eigenvalue weighted by atomic mass is 9.86. The summed E-state index contributed by atoms with van der Waals surface area (Å²) in [5.74, 6) is -0.618. The van der Waals surface area contributed by atoms with Crippen molar-refractivity contribution in [3.63, 3.8) is 0 Å². The molecule has 1 aliphatic rings. The Morgan fingerprint density at radius 2 is 1.80 bits per heavy atom. The fourth-order valence-corrected chi connectivity index (χ4v) is 4.73. The van der Waals surface area contributed by atoms with Gasteiger partial charge in [-0.25, -0.2) is 0 Å². The van der Waals surface area contributed by atoms with Gasteiger partial charge in [0.25, 0.3) is 5.91 Å². The standard InChI is InChI=1S/C28H27Cl2NO4/c1-28(17-22-4-2-3-5-24(22)30)14-12-20-16-21(8-11-25(20)35-28)27(34)31(18-26(32)33)15-13-19-6-9-23(29)10-7-19/h2-11,16H,12-15,17-18H2,1H3,(H,32,33)/t28-/m0/s1. The molecule has 0 aliphatic carbocycles. The van der Waals surface area contributed by atoms with Gasteiger partial charge in [0, 0.05) is 28.6 Å². The van der Waals surface area contributed by atoms with E-state index in [0.717, 1.165) is 40.3 Å². The maximum atomic E-state index is 13.2. The topological polar surface area (TPSA) is 66.8 Å². The highest BCUT2D eigenvalue weighted by Gasteiger charge is 2.33. The van der Waals surface area contributed by atoms with Crippen LogP contribution in [0.4, 0.5) is 0 Å². The number of hydrogen-bond donors (Lipinski definition) is 1. The molecule has 3 aromatic carbocycles. The van der Waals surface area contributed by atoms with Crippen molar-refractivity contribution in [2.75, 3.05) is 13.1 Å². The molecular weight excluding hydrogens is 485 g/mol. The van der Waals surface area contributed by atoms with Crippen LogP contribution >= 0.6 is 23.2 Å². The van der Waals surface area contributed by atoms with Crippen molar-refractivity contribution in [2.24, 2.45) is 0 Å². The molecule has 0 saturated carbocycles. The lowest BCUT2D eigenvalue weighted by molar-refractivity contribution is -0.137. The molecule has 0 bridgehead atoms. The van der Waals surface area contributed by atoms with Crippen molar-refractivity contribution in [1.82, 2.24) is 4.90 Å². The normalized spacial score (nSPS) is 16.8. The van der Waals surface area contributed by atoms with Gasteiger partial charge in [-0.15, -0.1) is 0 Å². The average molecular weight is 512 g/mol. The minimum absolute atomic E-state index is 0.288. The van der Waals surface area contributed by atoms with Crippen LogP contribution < -0.4 is 4.74 Å². The van der Waals surface area contributed by atoms with Crippen LogP contribution in [0.25, 0.3) is 0 Å². The Kier molecular flexibility index (Phi) is 7.68. The van der Waals surface area contributed by atoms with Gasteiger partial charge in [0.05, 0.1) is 0 Å². The molecule has 0 fully saturated rings. The first kappa shape index (κ1) is 25.1. The molecule has 0 unspecified atom stereocenters. The van der Waals surface area contributed by atoms with Crippen LogP contribution in [0.1, 0.15) is 40.4 Å². The summed E-state index contributed by atoms with van der Waals surface area (Å²) >= 11 is 12.3. The number of carbonyl (C=O) groups excluding carboxylic acids is 1. The maximum absolute atomic E-state index is 13.2. The Labute approximate surface area is 215 Å². The molecule has 1 heterocycles. The van der Waals surface area contributed by atoms with Gasteiger partial charge in [-0.05, 0) is 79.3 Å². The monoisotopic (exact) mass is 511 g/mol. The van der Waals surface area contributed by atoms with Crippen LogP contribution in [-0.4, -0.2) is 40.6 Å². The van der Waals surface area contributed by atoms with E-state index < -0.39 is 11.6 Å². The summed E-state index contributed by atoms with van der Waals surface area (Å²) in [4.78, 5) is 26.0. The fourth-order valence-electron chi connectivity index (χ4n) is 4.41. The van der Waals surface area contributed by atoms with E-state index in [1.165, 1.54) is 4.90 Å². The number of carbonyl (C=O) groups is 2. The number of aliphatic carboxylic acids is 1. The van der Waals surface area contributed by atoms with Gasteiger partial charge in [0.1, 0.15) is 17.9 Å². The first-order valence-corrected chi connectivity index (χ1v) is 12.3. The lowest BCUT2D eigenvalue weighted by Crippen LogP contribution is -2.39. The van der Waals surface area contributed by atoms with E-state index in [-0.39, 0.29) is 19.0 Å². The quantitative estimate of drug-likeness (QED) is 0.397. The number of fused-ring (bicyclic) bond motifs is 1. The Hall–Kier alpha value is -3.02. The van der Waals surface area contributed by atoms with Crippen LogP contribution in [0.5, 0.6) is 5.75 Å². The first-order chi connectivity index (χ1) is 16.7. The Morgan fingerprint density at radius 3 is 2.51 bits per heavy atom. The Balaban J connectivity index is 1.47. The van der Waals surface area contributed by atoms with Crippen molar-refractivity contribution in [2.45, 2.75) is 38.2 Å². The van der Waals surface area contributed by atoms with E-state index in [1.54, 1.807) is 18.2 Å². The molecule has 0 radical (unpaired) electrons. The molecule has 1 amide bonds. The van der Waals surface area contributed by atoms with Crippen LogP contribution in [0, 0.1) is 0 Å². The van der Waals surface area contributed by atoms with Gasteiger partial charge in [-0.3, -0.25) is 9.59 Å². The van der Waals surface area contributed by atoms with Crippen molar-refractivity contribution < 1.29 is 19.4 Å². The second kappa shape index (κ2) is 10.7. The molecule has 7 heteroatoms. The number of rotatable bonds is 8. The molecule has 0 aromatic heterocycles. The van der Waals surface area contributed by atoms with Crippen molar-refractivity contribution >= 4 is 35.1 Å². The number of ether oxygens (including phenoxy) is 1. The van der Waals surface area contributed by atoms with Gasteiger partial charge in [0.15, 0.2) is 0 Å². The largest absolute Gasteiger partial charge is 0.487 e. The number of carboxylic acid groups (broad SMARTS) is 1.